The Bertz CT molecular complexity index is 880. The number of hydrogen-bond acceptors (Lipinski definition) is 3. The summed E-state index contributed by atoms with van der Waals surface area (Å²) in [5.74, 6) is -0.138. The van der Waals surface area contributed by atoms with Gasteiger partial charge < -0.3 is 19.1 Å². The zero-order valence-corrected chi connectivity index (χ0v) is 22.7. The van der Waals surface area contributed by atoms with E-state index >= 15 is 0 Å². The number of amides is 2. The summed E-state index contributed by atoms with van der Waals surface area (Å²) in [4.78, 5) is 29.8. The van der Waals surface area contributed by atoms with Crippen LogP contribution in [0.15, 0.2) is 47.1 Å². The van der Waals surface area contributed by atoms with Crippen molar-refractivity contribution in [2.75, 3.05) is 32.8 Å². The van der Waals surface area contributed by atoms with Gasteiger partial charge in [-0.3, -0.25) is 9.59 Å². The molecule has 0 atom stereocenters. The van der Waals surface area contributed by atoms with Crippen molar-refractivity contribution in [1.82, 2.24) is 14.4 Å². The van der Waals surface area contributed by atoms with E-state index in [1.54, 1.807) is 4.90 Å². The van der Waals surface area contributed by atoms with E-state index in [4.69, 9.17) is 4.74 Å². The maximum Gasteiger partial charge on any atom is 0.242 e. The molecular formula is C27H40BrN3O3. The highest BCUT2D eigenvalue weighted by molar-refractivity contribution is 9.10. The van der Waals surface area contributed by atoms with Gasteiger partial charge in [-0.1, -0.05) is 55.3 Å². The fourth-order valence-corrected chi connectivity index (χ4v) is 4.03. The number of aromatic nitrogens is 1. The minimum absolute atomic E-state index is 0.00440. The summed E-state index contributed by atoms with van der Waals surface area (Å²) in [7, 11) is 0. The second kappa shape index (κ2) is 15.0. The lowest BCUT2D eigenvalue weighted by molar-refractivity contribution is -0.143. The zero-order valence-electron chi connectivity index (χ0n) is 21.1. The predicted octanol–water partition coefficient (Wildman–Crippen LogP) is 5.34. The summed E-state index contributed by atoms with van der Waals surface area (Å²) in [5, 5.41) is 0. The summed E-state index contributed by atoms with van der Waals surface area (Å²) < 4.78 is 8.68. The molecule has 0 fully saturated rings. The van der Waals surface area contributed by atoms with Gasteiger partial charge in [0.05, 0.1) is 13.1 Å². The van der Waals surface area contributed by atoms with Gasteiger partial charge in [-0.25, -0.2) is 0 Å². The van der Waals surface area contributed by atoms with Gasteiger partial charge in [0.25, 0.3) is 0 Å². The number of unbranched alkanes of at least 4 members (excludes halogenated alkanes) is 1. The minimum Gasteiger partial charge on any atom is -0.382 e. The summed E-state index contributed by atoms with van der Waals surface area (Å²) in [6.07, 6.45) is 4.72. The fourth-order valence-electron chi connectivity index (χ4n) is 3.77. The number of rotatable bonds is 15. The molecule has 0 N–H and O–H groups in total. The third-order valence-electron chi connectivity index (χ3n) is 5.73. The topological polar surface area (TPSA) is 54.8 Å². The van der Waals surface area contributed by atoms with E-state index in [0.717, 1.165) is 36.0 Å². The normalized spacial score (nSPS) is 11.1. The maximum atomic E-state index is 13.4. The van der Waals surface area contributed by atoms with E-state index < -0.39 is 0 Å². The Hall–Kier alpha value is -2.12. The standard InChI is InChI=1S/C27H40BrN3O3/c1-5-7-15-30(26(32)21-31(27(33)22(3)4)17-9-18-34-6-2)20-25-10-8-16-29(25)19-23-11-13-24(28)14-12-23/h8,10-14,16,22H,5-7,9,15,17-21H2,1-4H3. The number of hydrogen-bond donors (Lipinski definition) is 0. The maximum absolute atomic E-state index is 13.4. The summed E-state index contributed by atoms with van der Waals surface area (Å²) in [6.45, 7) is 11.7. The monoisotopic (exact) mass is 533 g/mol. The van der Waals surface area contributed by atoms with E-state index in [2.05, 4.69) is 51.8 Å². The smallest absolute Gasteiger partial charge is 0.242 e. The molecule has 2 aromatic rings. The molecule has 7 heteroatoms. The quantitative estimate of drug-likeness (QED) is 0.290. The molecule has 2 amide bonds. The van der Waals surface area contributed by atoms with Gasteiger partial charge in [0, 0.05) is 55.1 Å². The van der Waals surface area contributed by atoms with E-state index in [-0.39, 0.29) is 24.3 Å². The molecule has 0 bridgehead atoms. The largest absolute Gasteiger partial charge is 0.382 e. The van der Waals surface area contributed by atoms with Gasteiger partial charge in [-0.05, 0) is 49.6 Å². The van der Waals surface area contributed by atoms with Crippen molar-refractivity contribution in [2.24, 2.45) is 5.92 Å². The molecule has 34 heavy (non-hydrogen) atoms. The van der Waals surface area contributed by atoms with E-state index in [9.17, 15) is 9.59 Å². The van der Waals surface area contributed by atoms with Gasteiger partial charge in [-0.15, -0.1) is 0 Å². The highest BCUT2D eigenvalue weighted by Gasteiger charge is 2.23. The molecule has 0 radical (unpaired) electrons. The Labute approximate surface area is 213 Å². The number of carbonyl (C=O) groups excluding carboxylic acids is 2. The lowest BCUT2D eigenvalue weighted by atomic mass is 10.1. The first-order valence-corrected chi connectivity index (χ1v) is 13.2. The molecule has 1 aromatic carbocycles. The Kier molecular flexibility index (Phi) is 12.4. The lowest BCUT2D eigenvalue weighted by Gasteiger charge is -2.29. The van der Waals surface area contributed by atoms with Crippen molar-refractivity contribution in [3.8, 4) is 0 Å². The molecule has 0 saturated heterocycles. The summed E-state index contributed by atoms with van der Waals surface area (Å²) in [5.41, 5.74) is 2.29. The van der Waals surface area contributed by atoms with E-state index in [1.165, 1.54) is 5.56 Å². The van der Waals surface area contributed by atoms with Gasteiger partial charge in [0.15, 0.2) is 0 Å². The number of carbonyl (C=O) groups is 2. The third-order valence-corrected chi connectivity index (χ3v) is 6.26. The molecular weight excluding hydrogens is 494 g/mol. The number of nitrogens with zero attached hydrogens (tertiary/aromatic N) is 3. The zero-order chi connectivity index (χ0) is 24.9. The molecule has 1 aromatic heterocycles. The van der Waals surface area contributed by atoms with Crippen LogP contribution >= 0.6 is 15.9 Å². The van der Waals surface area contributed by atoms with Crippen LogP contribution in [0.25, 0.3) is 0 Å². The number of halogens is 1. The Morgan fingerprint density at radius 1 is 1.03 bits per heavy atom. The van der Waals surface area contributed by atoms with Crippen LogP contribution in [0.5, 0.6) is 0 Å². The van der Waals surface area contributed by atoms with Gasteiger partial charge in [0.2, 0.25) is 11.8 Å². The average molecular weight is 535 g/mol. The molecule has 1 heterocycles. The minimum atomic E-state index is -0.146. The van der Waals surface area contributed by atoms with Crippen LogP contribution in [0, 0.1) is 5.92 Å². The van der Waals surface area contributed by atoms with Gasteiger partial charge in [0.1, 0.15) is 0 Å². The third kappa shape index (κ3) is 9.26. The van der Waals surface area contributed by atoms with Crippen molar-refractivity contribution in [3.05, 3.63) is 58.3 Å². The fraction of sp³-hybridized carbons (Fsp3) is 0.556. The Balaban J connectivity index is 2.11. The first kappa shape index (κ1) is 28.1. The van der Waals surface area contributed by atoms with Crippen molar-refractivity contribution < 1.29 is 14.3 Å². The Morgan fingerprint density at radius 3 is 2.38 bits per heavy atom. The first-order valence-electron chi connectivity index (χ1n) is 12.4. The van der Waals surface area contributed by atoms with E-state index in [1.807, 2.05) is 43.9 Å². The highest BCUT2D eigenvalue weighted by atomic mass is 79.9. The predicted molar refractivity (Wildman–Crippen MR) is 141 cm³/mol. The molecule has 0 aliphatic carbocycles. The second-order valence-electron chi connectivity index (χ2n) is 8.89. The Morgan fingerprint density at radius 2 is 1.74 bits per heavy atom. The molecule has 0 unspecified atom stereocenters. The second-order valence-corrected chi connectivity index (χ2v) is 9.80. The molecule has 0 aliphatic heterocycles. The number of ether oxygens (including phenoxy) is 1. The molecule has 6 nitrogen and oxygen atoms in total. The molecule has 0 saturated carbocycles. The van der Waals surface area contributed by atoms with Crippen LogP contribution in [0.1, 0.15) is 58.2 Å². The SMILES string of the molecule is CCCCN(Cc1cccn1Cc1ccc(Br)cc1)C(=O)CN(CCCOCC)C(=O)C(C)C. The van der Waals surface area contributed by atoms with Crippen LogP contribution in [-0.2, 0) is 27.4 Å². The highest BCUT2D eigenvalue weighted by Crippen LogP contribution is 2.15. The average Bonchev–Trinajstić information content (AvgIpc) is 3.25. The first-order chi connectivity index (χ1) is 16.3. The van der Waals surface area contributed by atoms with Crippen LogP contribution < -0.4 is 0 Å². The van der Waals surface area contributed by atoms with Crippen molar-refractivity contribution in [1.29, 1.82) is 0 Å². The lowest BCUT2D eigenvalue weighted by Crippen LogP contribution is -2.45. The van der Waals surface area contributed by atoms with E-state index in [0.29, 0.717) is 32.8 Å². The summed E-state index contributed by atoms with van der Waals surface area (Å²) in [6, 6.07) is 12.4. The molecule has 0 aliphatic rings. The van der Waals surface area contributed by atoms with Gasteiger partial charge >= 0.3 is 0 Å². The van der Waals surface area contributed by atoms with Crippen molar-refractivity contribution >= 4 is 27.7 Å². The van der Waals surface area contributed by atoms with Crippen LogP contribution in [-0.4, -0.2) is 59.0 Å². The number of benzene rings is 1. The van der Waals surface area contributed by atoms with Crippen LogP contribution in [0.3, 0.4) is 0 Å². The van der Waals surface area contributed by atoms with Crippen molar-refractivity contribution in [3.63, 3.8) is 0 Å². The summed E-state index contributed by atoms with van der Waals surface area (Å²) >= 11 is 3.49. The molecule has 2 rings (SSSR count). The van der Waals surface area contributed by atoms with Crippen molar-refractivity contribution in [2.45, 2.75) is 60.0 Å². The van der Waals surface area contributed by atoms with Crippen LogP contribution in [0.4, 0.5) is 0 Å². The molecule has 0 spiro atoms. The van der Waals surface area contributed by atoms with Gasteiger partial charge in [-0.2, -0.15) is 0 Å². The van der Waals surface area contributed by atoms with Crippen LogP contribution in [0.2, 0.25) is 0 Å². The molecule has 188 valence electrons.